The van der Waals surface area contributed by atoms with Crippen molar-refractivity contribution in [1.29, 1.82) is 0 Å². The minimum Gasteiger partial charge on any atom is -0.381 e. The molecule has 21 heavy (non-hydrogen) atoms. The van der Waals surface area contributed by atoms with Crippen molar-refractivity contribution in [2.45, 2.75) is 19.3 Å². The molecule has 0 amide bonds. The maximum atomic E-state index is 13.7. The molecule has 1 aliphatic carbocycles. The van der Waals surface area contributed by atoms with Crippen LogP contribution in [-0.4, -0.2) is 43.8 Å². The highest BCUT2D eigenvalue weighted by Crippen LogP contribution is 2.27. The summed E-state index contributed by atoms with van der Waals surface area (Å²) in [6.45, 7) is 0. The molecular formula is C16H22F2N2O. The Morgan fingerprint density at radius 1 is 0.905 bits per heavy atom. The van der Waals surface area contributed by atoms with Crippen molar-refractivity contribution in [3.63, 3.8) is 0 Å². The molecule has 0 radical (unpaired) electrons. The Hall–Kier alpha value is -1.91. The summed E-state index contributed by atoms with van der Waals surface area (Å²) in [5.74, 6) is -1.23. The third-order valence-electron chi connectivity index (χ3n) is 2.86. The third kappa shape index (κ3) is 5.94. The van der Waals surface area contributed by atoms with Gasteiger partial charge in [-0.25, -0.2) is 8.78 Å². The monoisotopic (exact) mass is 296 g/mol. The first-order valence-corrected chi connectivity index (χ1v) is 6.83. The van der Waals surface area contributed by atoms with Gasteiger partial charge < -0.3 is 9.80 Å². The van der Waals surface area contributed by atoms with Gasteiger partial charge in [0.25, 0.3) is 0 Å². The molecule has 0 unspecified atom stereocenters. The molecule has 1 rings (SSSR count). The molecule has 5 heteroatoms. The van der Waals surface area contributed by atoms with Gasteiger partial charge in [-0.15, -0.1) is 0 Å². The number of hydrogen-bond donors (Lipinski definition) is 0. The normalized spacial score (nSPS) is 21.1. The van der Waals surface area contributed by atoms with Crippen molar-refractivity contribution < 1.29 is 13.6 Å². The van der Waals surface area contributed by atoms with E-state index < -0.39 is 11.7 Å². The molecule has 1 saturated carbocycles. The highest BCUT2D eigenvalue weighted by atomic mass is 19.1. The van der Waals surface area contributed by atoms with E-state index in [1.54, 1.807) is 38.0 Å². The standard InChI is InChI=1S/C16H22F2N2O/c1-19(2)10-14(17)8-12-6-5-7-13(16(12)21)9-15(18)11-20(3)4/h8-11H,5-7H2,1-4H3/b12-8+,13-9+,14-10-,15-11-. The van der Waals surface area contributed by atoms with Crippen LogP contribution >= 0.6 is 0 Å². The van der Waals surface area contributed by atoms with Crippen molar-refractivity contribution in [2.75, 3.05) is 28.2 Å². The molecular weight excluding hydrogens is 274 g/mol. The average molecular weight is 296 g/mol. The van der Waals surface area contributed by atoms with E-state index >= 15 is 0 Å². The number of Topliss-reactive ketones (excluding diaryl/α,β-unsaturated/α-hetero) is 1. The zero-order valence-corrected chi connectivity index (χ0v) is 13.0. The highest BCUT2D eigenvalue weighted by Gasteiger charge is 2.21. The third-order valence-corrected chi connectivity index (χ3v) is 2.86. The summed E-state index contributed by atoms with van der Waals surface area (Å²) in [5.41, 5.74) is 0.779. The van der Waals surface area contributed by atoms with Gasteiger partial charge >= 0.3 is 0 Å². The smallest absolute Gasteiger partial charge is 0.185 e. The van der Waals surface area contributed by atoms with Gasteiger partial charge in [0.05, 0.1) is 0 Å². The predicted octanol–water partition coefficient (Wildman–Crippen LogP) is 3.34. The second-order valence-electron chi connectivity index (χ2n) is 5.48. The van der Waals surface area contributed by atoms with E-state index in [9.17, 15) is 13.6 Å². The minimum atomic E-state index is -0.478. The van der Waals surface area contributed by atoms with Crippen LogP contribution in [0.25, 0.3) is 0 Å². The fourth-order valence-corrected chi connectivity index (χ4v) is 2.08. The van der Waals surface area contributed by atoms with Crippen LogP contribution in [0.15, 0.2) is 47.4 Å². The van der Waals surface area contributed by atoms with E-state index in [0.717, 1.165) is 0 Å². The van der Waals surface area contributed by atoms with Crippen LogP contribution in [-0.2, 0) is 4.79 Å². The number of hydrogen-bond acceptors (Lipinski definition) is 3. The van der Waals surface area contributed by atoms with Crippen LogP contribution in [0.3, 0.4) is 0 Å². The fraction of sp³-hybridized carbons (Fsp3) is 0.438. The Kier molecular flexibility index (Phi) is 6.34. The lowest BCUT2D eigenvalue weighted by Gasteiger charge is -2.16. The summed E-state index contributed by atoms with van der Waals surface area (Å²) in [6, 6.07) is 0. The summed E-state index contributed by atoms with van der Waals surface area (Å²) in [6.07, 6.45) is 6.82. The number of rotatable bonds is 4. The second-order valence-corrected chi connectivity index (χ2v) is 5.48. The first-order chi connectivity index (χ1) is 9.79. The average Bonchev–Trinajstić information content (AvgIpc) is 2.32. The summed E-state index contributed by atoms with van der Waals surface area (Å²) >= 11 is 0. The SMILES string of the molecule is CN(C)/C=C(F)/C=C1\CCC/C(=C\C(F)=C\N(C)C)C1=O. The molecule has 0 aromatic rings. The van der Waals surface area contributed by atoms with Crippen LogP contribution in [0.2, 0.25) is 0 Å². The lowest BCUT2D eigenvalue weighted by Crippen LogP contribution is -2.13. The highest BCUT2D eigenvalue weighted by molar-refractivity contribution is 6.09. The molecule has 0 aromatic carbocycles. The molecule has 0 heterocycles. The quantitative estimate of drug-likeness (QED) is 0.743. The lowest BCUT2D eigenvalue weighted by atomic mass is 9.88. The second kappa shape index (κ2) is 7.76. The number of allylic oxidation sites excluding steroid dienone is 6. The molecule has 3 nitrogen and oxygen atoms in total. The van der Waals surface area contributed by atoms with Crippen LogP contribution in [0.5, 0.6) is 0 Å². The molecule has 0 spiro atoms. The molecule has 1 fully saturated rings. The predicted molar refractivity (Wildman–Crippen MR) is 80.8 cm³/mol. The van der Waals surface area contributed by atoms with Gasteiger partial charge in [-0.3, -0.25) is 4.79 Å². The largest absolute Gasteiger partial charge is 0.381 e. The molecule has 0 saturated heterocycles. The van der Waals surface area contributed by atoms with Crippen molar-refractivity contribution in [2.24, 2.45) is 0 Å². The van der Waals surface area contributed by atoms with Gasteiger partial charge in [-0.1, -0.05) is 0 Å². The Bertz CT molecular complexity index is 470. The van der Waals surface area contributed by atoms with Gasteiger partial charge in [-0.2, -0.15) is 0 Å². The minimum absolute atomic E-state index is 0.272. The maximum Gasteiger partial charge on any atom is 0.185 e. The van der Waals surface area contributed by atoms with E-state index in [0.29, 0.717) is 30.4 Å². The first kappa shape index (κ1) is 17.1. The topological polar surface area (TPSA) is 23.6 Å². The van der Waals surface area contributed by atoms with Crippen molar-refractivity contribution >= 4 is 5.78 Å². The van der Waals surface area contributed by atoms with E-state index in [1.165, 1.54) is 24.6 Å². The Labute approximate surface area is 124 Å². The summed E-state index contributed by atoms with van der Waals surface area (Å²) < 4.78 is 27.3. The lowest BCUT2D eigenvalue weighted by molar-refractivity contribution is -0.113. The van der Waals surface area contributed by atoms with Gasteiger partial charge in [0.15, 0.2) is 5.78 Å². The summed E-state index contributed by atoms with van der Waals surface area (Å²) in [7, 11) is 6.81. The summed E-state index contributed by atoms with van der Waals surface area (Å²) in [5, 5.41) is 0. The Morgan fingerprint density at radius 2 is 1.29 bits per heavy atom. The number of carbonyl (C=O) groups excluding carboxylic acids is 1. The Balaban J connectivity index is 2.97. The van der Waals surface area contributed by atoms with E-state index in [1.807, 2.05) is 0 Å². The summed E-state index contributed by atoms with van der Waals surface area (Å²) in [4.78, 5) is 15.3. The van der Waals surface area contributed by atoms with E-state index in [-0.39, 0.29) is 5.78 Å². The molecule has 0 N–H and O–H groups in total. The van der Waals surface area contributed by atoms with Crippen molar-refractivity contribution in [3.05, 3.63) is 47.4 Å². The molecule has 1 aliphatic rings. The molecule has 0 aromatic heterocycles. The number of ketones is 1. The first-order valence-electron chi connectivity index (χ1n) is 6.83. The van der Waals surface area contributed by atoms with Gasteiger partial charge in [0.2, 0.25) is 0 Å². The maximum absolute atomic E-state index is 13.7. The van der Waals surface area contributed by atoms with Crippen LogP contribution in [0, 0.1) is 0 Å². The zero-order valence-electron chi connectivity index (χ0n) is 13.0. The number of carbonyl (C=O) groups is 1. The molecule has 116 valence electrons. The fourth-order valence-electron chi connectivity index (χ4n) is 2.08. The van der Waals surface area contributed by atoms with Crippen molar-refractivity contribution in [3.8, 4) is 0 Å². The van der Waals surface area contributed by atoms with Gasteiger partial charge in [0.1, 0.15) is 11.7 Å². The molecule has 0 atom stereocenters. The van der Waals surface area contributed by atoms with Gasteiger partial charge in [0, 0.05) is 51.7 Å². The van der Waals surface area contributed by atoms with E-state index in [2.05, 4.69) is 0 Å². The van der Waals surface area contributed by atoms with Crippen molar-refractivity contribution in [1.82, 2.24) is 9.80 Å². The van der Waals surface area contributed by atoms with Crippen LogP contribution in [0.1, 0.15) is 19.3 Å². The molecule has 0 bridgehead atoms. The number of nitrogens with zero attached hydrogens (tertiary/aromatic N) is 2. The number of halogens is 2. The van der Waals surface area contributed by atoms with Gasteiger partial charge in [-0.05, 0) is 31.4 Å². The zero-order chi connectivity index (χ0) is 16.0. The van der Waals surface area contributed by atoms with Crippen LogP contribution < -0.4 is 0 Å². The Morgan fingerprint density at radius 3 is 1.62 bits per heavy atom. The van der Waals surface area contributed by atoms with Crippen LogP contribution in [0.4, 0.5) is 8.78 Å². The van der Waals surface area contributed by atoms with E-state index in [4.69, 9.17) is 0 Å². The molecule has 0 aliphatic heterocycles.